The highest BCUT2D eigenvalue weighted by Gasteiger charge is 2.32. The van der Waals surface area contributed by atoms with Crippen molar-refractivity contribution >= 4 is 46.7 Å². The number of amidine groups is 8. The van der Waals surface area contributed by atoms with Crippen LogP contribution in [-0.4, -0.2) is 46.7 Å². The first-order valence-corrected chi connectivity index (χ1v) is 23.4. The van der Waals surface area contributed by atoms with Crippen molar-refractivity contribution < 1.29 is 18.9 Å². The Balaban J connectivity index is 1.00. The summed E-state index contributed by atoms with van der Waals surface area (Å²) in [4.78, 5) is 41.5. The van der Waals surface area contributed by atoms with Crippen molar-refractivity contribution in [1.29, 1.82) is 0 Å². The molecule has 0 amide bonds. The molecule has 0 unspecified atom stereocenters. The lowest BCUT2D eigenvalue weighted by molar-refractivity contribution is 0.482. The molecular weight excluding hydrogens is 897 g/mol. The molecule has 8 aromatic carbocycles. The molecule has 12 heteroatoms. The topological polar surface area (TPSA) is 136 Å². The summed E-state index contributed by atoms with van der Waals surface area (Å²) < 4.78 is 25.7. The summed E-state index contributed by atoms with van der Waals surface area (Å²) in [5.41, 5.74) is 10.1. The van der Waals surface area contributed by atoms with Crippen LogP contribution in [0.4, 0.5) is 0 Å². The highest BCUT2D eigenvalue weighted by molar-refractivity contribution is 6.35. The van der Waals surface area contributed by atoms with E-state index in [4.69, 9.17) is 58.9 Å². The van der Waals surface area contributed by atoms with Crippen LogP contribution in [0.3, 0.4) is 0 Å². The molecule has 5 aliphatic rings. The number of fused-ring (bicyclic) bond motifs is 16. The highest BCUT2D eigenvalue weighted by Crippen LogP contribution is 2.37. The van der Waals surface area contributed by atoms with E-state index in [2.05, 4.69) is 0 Å². The highest BCUT2D eigenvalue weighted by atomic mass is 16.5. The molecule has 0 saturated carbocycles. The minimum absolute atomic E-state index is 0.381. The summed E-state index contributed by atoms with van der Waals surface area (Å²) in [5, 5.41) is 0. The molecule has 0 saturated heterocycles. The summed E-state index contributed by atoms with van der Waals surface area (Å²) in [5.74, 6) is 8.43. The summed E-state index contributed by atoms with van der Waals surface area (Å²) in [6.07, 6.45) is 0. The normalized spacial score (nSPS) is 14.5. The van der Waals surface area contributed by atoms with Crippen LogP contribution in [0, 0.1) is 27.7 Å². The van der Waals surface area contributed by atoms with Gasteiger partial charge in [0.25, 0.3) is 0 Å². The standard InChI is InChI=1S/C60H40N8O4/c1-33-9-5-13-37(25-33)69-41-17-21-45-49(29-41)57-62-53(45)61-54-46-22-18-43(71-39-15-7-11-35(3)27-39)31-51(46)59(63-54)68-60-52-32-44(72-40-16-8-12-36(4)28-40)20-24-48(52)56(67-60)66-58-50-30-42(19-23-47(50)55(64-57)65-58)70-38-14-6-10-34(2)26-38/h5-32H,1-4H3. The van der Waals surface area contributed by atoms with E-state index < -0.39 is 0 Å². The van der Waals surface area contributed by atoms with Crippen LogP contribution in [0.2, 0.25) is 0 Å². The molecule has 0 radical (unpaired) electrons. The van der Waals surface area contributed by atoms with E-state index in [9.17, 15) is 0 Å². The zero-order chi connectivity index (χ0) is 48.5. The Hall–Kier alpha value is -9.68. The molecule has 5 aliphatic heterocycles. The average Bonchev–Trinajstić information content (AvgIpc) is 4.09. The van der Waals surface area contributed by atoms with Crippen molar-refractivity contribution in [3.05, 3.63) is 237 Å². The van der Waals surface area contributed by atoms with E-state index in [0.29, 0.717) is 115 Å². The quantitative estimate of drug-likeness (QED) is 0.150. The van der Waals surface area contributed by atoms with Gasteiger partial charge in [-0.3, -0.25) is 0 Å². The molecule has 8 bridgehead atoms. The van der Waals surface area contributed by atoms with Gasteiger partial charge in [0, 0.05) is 44.5 Å². The third-order valence-electron chi connectivity index (χ3n) is 12.5. The molecule has 0 fully saturated rings. The molecule has 8 aromatic rings. The van der Waals surface area contributed by atoms with E-state index >= 15 is 0 Å². The first-order valence-electron chi connectivity index (χ1n) is 23.4. The third kappa shape index (κ3) is 8.06. The fourth-order valence-electron chi connectivity index (χ4n) is 9.09. The van der Waals surface area contributed by atoms with E-state index in [1.54, 1.807) is 0 Å². The van der Waals surface area contributed by atoms with Crippen LogP contribution in [0.25, 0.3) is 0 Å². The number of rotatable bonds is 8. The van der Waals surface area contributed by atoms with Crippen molar-refractivity contribution in [3.63, 3.8) is 0 Å². The fraction of sp³-hybridized carbons (Fsp3) is 0.0667. The van der Waals surface area contributed by atoms with Crippen molar-refractivity contribution in [1.82, 2.24) is 0 Å². The van der Waals surface area contributed by atoms with Gasteiger partial charge < -0.3 is 18.9 Å². The molecule has 5 heterocycles. The van der Waals surface area contributed by atoms with Crippen LogP contribution in [0.1, 0.15) is 66.8 Å². The molecular formula is C60H40N8O4. The number of ether oxygens (including phenoxy) is 4. The second kappa shape index (κ2) is 17.1. The molecule has 0 spiro atoms. The molecule has 12 nitrogen and oxygen atoms in total. The Labute approximate surface area is 414 Å². The van der Waals surface area contributed by atoms with Gasteiger partial charge >= 0.3 is 0 Å². The summed E-state index contributed by atoms with van der Waals surface area (Å²) in [7, 11) is 0. The van der Waals surface area contributed by atoms with Crippen LogP contribution in [0.15, 0.2) is 210 Å². The maximum absolute atomic E-state index is 6.43. The number of aliphatic imine (C=N–C) groups is 8. The predicted octanol–water partition coefficient (Wildman–Crippen LogP) is 13.2. The Morgan fingerprint density at radius 1 is 0.208 bits per heavy atom. The number of hydrogen-bond donors (Lipinski definition) is 0. The second-order valence-electron chi connectivity index (χ2n) is 18.0. The van der Waals surface area contributed by atoms with Crippen molar-refractivity contribution in [2.75, 3.05) is 0 Å². The lowest BCUT2D eigenvalue weighted by Crippen LogP contribution is -2.03. The molecule has 0 aliphatic carbocycles. The van der Waals surface area contributed by atoms with Crippen molar-refractivity contribution in [2.45, 2.75) is 27.7 Å². The first kappa shape index (κ1) is 42.4. The van der Waals surface area contributed by atoms with Crippen molar-refractivity contribution in [2.24, 2.45) is 39.9 Å². The third-order valence-corrected chi connectivity index (χ3v) is 12.5. The second-order valence-corrected chi connectivity index (χ2v) is 18.0. The zero-order valence-electron chi connectivity index (χ0n) is 39.4. The smallest absolute Gasteiger partial charge is 0.164 e. The van der Waals surface area contributed by atoms with Crippen LogP contribution >= 0.6 is 0 Å². The Morgan fingerprint density at radius 3 is 0.611 bits per heavy atom. The maximum atomic E-state index is 6.43. The first-order chi connectivity index (χ1) is 35.2. The van der Waals surface area contributed by atoms with E-state index in [0.717, 1.165) is 44.5 Å². The minimum Gasteiger partial charge on any atom is -0.457 e. The summed E-state index contributed by atoms with van der Waals surface area (Å²) in [6, 6.07) is 54.9. The summed E-state index contributed by atoms with van der Waals surface area (Å²) >= 11 is 0. The van der Waals surface area contributed by atoms with Gasteiger partial charge in [0.1, 0.15) is 46.0 Å². The van der Waals surface area contributed by atoms with E-state index in [-0.39, 0.29) is 0 Å². The minimum atomic E-state index is 0.381. The molecule has 0 atom stereocenters. The van der Waals surface area contributed by atoms with Gasteiger partial charge in [-0.05, 0) is 171 Å². The molecule has 344 valence electrons. The van der Waals surface area contributed by atoms with E-state index in [1.807, 2.05) is 198 Å². The Morgan fingerprint density at radius 2 is 0.403 bits per heavy atom. The van der Waals surface area contributed by atoms with Crippen LogP contribution < -0.4 is 18.9 Å². The number of benzene rings is 8. The number of hydrogen-bond acceptors (Lipinski definition) is 12. The summed E-state index contributed by atoms with van der Waals surface area (Å²) in [6.45, 7) is 8.13. The van der Waals surface area contributed by atoms with Gasteiger partial charge in [-0.1, -0.05) is 48.5 Å². The maximum Gasteiger partial charge on any atom is 0.164 e. The predicted molar refractivity (Wildman–Crippen MR) is 283 cm³/mol. The Kier molecular flexibility index (Phi) is 10.1. The van der Waals surface area contributed by atoms with Gasteiger partial charge in [0.15, 0.2) is 46.7 Å². The van der Waals surface area contributed by atoms with Crippen LogP contribution in [0.5, 0.6) is 46.0 Å². The molecule has 72 heavy (non-hydrogen) atoms. The lowest BCUT2D eigenvalue weighted by Gasteiger charge is -2.10. The van der Waals surface area contributed by atoms with Gasteiger partial charge in [0.05, 0.1) is 0 Å². The van der Waals surface area contributed by atoms with Gasteiger partial charge in [0.2, 0.25) is 0 Å². The van der Waals surface area contributed by atoms with Gasteiger partial charge in [-0.2, -0.15) is 0 Å². The van der Waals surface area contributed by atoms with Gasteiger partial charge in [-0.25, -0.2) is 39.9 Å². The lowest BCUT2D eigenvalue weighted by atomic mass is 10.1. The molecule has 13 rings (SSSR count). The molecule has 0 aromatic heterocycles. The molecule has 0 N–H and O–H groups in total. The monoisotopic (exact) mass is 936 g/mol. The fourth-order valence-corrected chi connectivity index (χ4v) is 9.09. The van der Waals surface area contributed by atoms with Crippen LogP contribution in [-0.2, 0) is 0 Å². The largest absolute Gasteiger partial charge is 0.457 e. The van der Waals surface area contributed by atoms with Gasteiger partial charge in [-0.15, -0.1) is 0 Å². The van der Waals surface area contributed by atoms with E-state index in [1.165, 1.54) is 0 Å². The zero-order valence-corrected chi connectivity index (χ0v) is 39.4. The number of aryl methyl sites for hydroxylation is 4. The van der Waals surface area contributed by atoms with Crippen molar-refractivity contribution in [3.8, 4) is 46.0 Å². The Bertz CT molecular complexity index is 3930. The number of nitrogens with zero attached hydrogens (tertiary/aromatic N) is 8. The average molecular weight is 937 g/mol. The SMILES string of the molecule is Cc1cccc(Oc2ccc3c(c2)C2=NC3=NC3=NC(=NC4=NC(=NC5=NC(=N2)c2ccc(Oc6cccc(C)c6)cc25)c2ccc(Oc5cccc(C)c5)cc24)c2cc(Oc4cccc(C)c4)ccc23)c1.